The first-order chi connectivity index (χ1) is 15.2. The number of para-hydroxylation sites is 2. The molecule has 0 saturated heterocycles. The van der Waals surface area contributed by atoms with Gasteiger partial charge >= 0.3 is 0 Å². The predicted octanol–water partition coefficient (Wildman–Crippen LogP) is 4.81. The van der Waals surface area contributed by atoms with Crippen molar-refractivity contribution in [1.82, 2.24) is 10.3 Å². The number of amides is 1. The van der Waals surface area contributed by atoms with Crippen molar-refractivity contribution in [1.29, 1.82) is 0 Å². The number of benzene rings is 3. The van der Waals surface area contributed by atoms with Crippen LogP contribution in [0.25, 0.3) is 10.9 Å². The van der Waals surface area contributed by atoms with Crippen molar-refractivity contribution in [3.63, 3.8) is 0 Å². The van der Waals surface area contributed by atoms with Gasteiger partial charge in [-0.15, -0.1) is 0 Å². The van der Waals surface area contributed by atoms with Crippen LogP contribution in [-0.2, 0) is 4.79 Å². The molecule has 5 nitrogen and oxygen atoms in total. The number of hydrogen-bond acceptors (Lipinski definition) is 3. The van der Waals surface area contributed by atoms with Gasteiger partial charge in [0.15, 0.2) is 6.61 Å². The number of fused-ring (bicyclic) bond motifs is 1. The smallest absolute Gasteiger partial charge is 0.257 e. The molecule has 5 heteroatoms. The van der Waals surface area contributed by atoms with Gasteiger partial charge in [0.05, 0.1) is 7.11 Å². The van der Waals surface area contributed by atoms with E-state index in [2.05, 4.69) is 22.4 Å². The van der Waals surface area contributed by atoms with Crippen LogP contribution in [0.2, 0.25) is 0 Å². The maximum absolute atomic E-state index is 12.5. The molecule has 1 amide bonds. The summed E-state index contributed by atoms with van der Waals surface area (Å²) in [5, 5.41) is 4.19. The molecule has 0 fully saturated rings. The number of hydrogen-bond donors (Lipinski definition) is 2. The molecule has 4 aromatic rings. The molecule has 0 aliphatic carbocycles. The maximum atomic E-state index is 12.5. The molecule has 0 spiro atoms. The van der Waals surface area contributed by atoms with Crippen LogP contribution >= 0.6 is 0 Å². The summed E-state index contributed by atoms with van der Waals surface area (Å²) in [5.74, 6) is 1.36. The lowest BCUT2D eigenvalue weighted by Gasteiger charge is -2.19. The fourth-order valence-corrected chi connectivity index (χ4v) is 3.75. The summed E-state index contributed by atoms with van der Waals surface area (Å²) in [6.45, 7) is 2.40. The Bertz CT molecular complexity index is 1160. The minimum absolute atomic E-state index is 0.00975. The maximum Gasteiger partial charge on any atom is 0.257 e. The van der Waals surface area contributed by atoms with Crippen molar-refractivity contribution in [3.05, 3.63) is 95.7 Å². The Morgan fingerprint density at radius 2 is 1.74 bits per heavy atom. The van der Waals surface area contributed by atoms with Gasteiger partial charge in [-0.25, -0.2) is 0 Å². The minimum atomic E-state index is -0.151. The summed E-state index contributed by atoms with van der Waals surface area (Å²) in [6, 6.07) is 23.8. The SMILES string of the molecule is COc1ccc([C@@H](CNC(=O)COc2ccccc2C)c2c[nH]c3ccccc23)cc1. The Morgan fingerprint density at radius 1 is 1.00 bits per heavy atom. The number of ether oxygens (including phenoxy) is 2. The third kappa shape index (κ3) is 4.72. The molecule has 0 saturated carbocycles. The van der Waals surface area contributed by atoms with E-state index < -0.39 is 0 Å². The van der Waals surface area contributed by atoms with E-state index in [-0.39, 0.29) is 18.4 Å². The number of H-pyrrole nitrogens is 1. The number of methoxy groups -OCH3 is 1. The van der Waals surface area contributed by atoms with Crippen molar-refractivity contribution in [3.8, 4) is 11.5 Å². The zero-order chi connectivity index (χ0) is 21.6. The van der Waals surface area contributed by atoms with E-state index in [4.69, 9.17) is 9.47 Å². The molecule has 31 heavy (non-hydrogen) atoms. The fourth-order valence-electron chi connectivity index (χ4n) is 3.75. The van der Waals surface area contributed by atoms with Crippen molar-refractivity contribution in [2.45, 2.75) is 12.8 Å². The highest BCUT2D eigenvalue weighted by atomic mass is 16.5. The molecule has 2 N–H and O–H groups in total. The third-order valence-electron chi connectivity index (χ3n) is 5.47. The Hall–Kier alpha value is -3.73. The van der Waals surface area contributed by atoms with E-state index in [0.717, 1.165) is 39.1 Å². The zero-order valence-corrected chi connectivity index (χ0v) is 17.7. The molecule has 0 aliphatic rings. The van der Waals surface area contributed by atoms with Gasteiger partial charge in [0.1, 0.15) is 11.5 Å². The second-order valence-electron chi connectivity index (χ2n) is 7.47. The highest BCUT2D eigenvalue weighted by Crippen LogP contribution is 2.31. The molecule has 0 radical (unpaired) electrons. The molecule has 4 rings (SSSR count). The molecule has 0 unspecified atom stereocenters. The molecule has 0 aliphatic heterocycles. The zero-order valence-electron chi connectivity index (χ0n) is 17.7. The molecule has 0 bridgehead atoms. The standard InChI is InChI=1S/C26H26N2O3/c1-18-7-3-6-10-25(18)31-17-26(29)28-15-22(19-11-13-20(30-2)14-12-19)23-16-27-24-9-5-4-8-21(23)24/h3-14,16,22,27H,15,17H2,1-2H3,(H,28,29)/t22-/m1/s1. The van der Waals surface area contributed by atoms with Crippen LogP contribution < -0.4 is 14.8 Å². The topological polar surface area (TPSA) is 63.4 Å². The number of aromatic nitrogens is 1. The van der Waals surface area contributed by atoms with Crippen molar-refractivity contribution >= 4 is 16.8 Å². The summed E-state index contributed by atoms with van der Waals surface area (Å²) < 4.78 is 11.0. The van der Waals surface area contributed by atoms with Gasteiger partial charge in [-0.3, -0.25) is 4.79 Å². The lowest BCUT2D eigenvalue weighted by Crippen LogP contribution is -2.32. The number of aromatic amines is 1. The Morgan fingerprint density at radius 3 is 2.52 bits per heavy atom. The molecule has 1 aromatic heterocycles. The fraction of sp³-hybridized carbons (Fsp3) is 0.192. The highest BCUT2D eigenvalue weighted by Gasteiger charge is 2.19. The van der Waals surface area contributed by atoms with E-state index >= 15 is 0 Å². The summed E-state index contributed by atoms with van der Waals surface area (Å²) >= 11 is 0. The van der Waals surface area contributed by atoms with E-state index in [1.807, 2.05) is 73.8 Å². The van der Waals surface area contributed by atoms with E-state index in [1.54, 1.807) is 7.11 Å². The lowest BCUT2D eigenvalue weighted by molar-refractivity contribution is -0.123. The minimum Gasteiger partial charge on any atom is -0.497 e. The van der Waals surface area contributed by atoms with Gasteiger partial charge in [0.25, 0.3) is 5.91 Å². The van der Waals surface area contributed by atoms with Crippen LogP contribution in [0.15, 0.2) is 79.0 Å². The molecule has 1 heterocycles. The third-order valence-corrected chi connectivity index (χ3v) is 5.47. The summed E-state index contributed by atoms with van der Waals surface area (Å²) in [7, 11) is 1.65. The average molecular weight is 415 g/mol. The van der Waals surface area contributed by atoms with Gasteiger partial charge in [-0.05, 0) is 47.9 Å². The van der Waals surface area contributed by atoms with Gasteiger partial charge < -0.3 is 19.8 Å². The molecule has 158 valence electrons. The van der Waals surface area contributed by atoms with Crippen LogP contribution in [0.5, 0.6) is 11.5 Å². The summed E-state index contributed by atoms with van der Waals surface area (Å²) in [6.07, 6.45) is 2.02. The van der Waals surface area contributed by atoms with Crippen LogP contribution in [0, 0.1) is 6.92 Å². The van der Waals surface area contributed by atoms with Crippen LogP contribution in [0.3, 0.4) is 0 Å². The first kappa shape index (κ1) is 20.5. The van der Waals surface area contributed by atoms with Crippen LogP contribution in [-0.4, -0.2) is 31.2 Å². The first-order valence-electron chi connectivity index (χ1n) is 10.3. The molecule has 3 aromatic carbocycles. The van der Waals surface area contributed by atoms with Crippen molar-refractivity contribution in [2.75, 3.05) is 20.3 Å². The second kappa shape index (κ2) is 9.39. The van der Waals surface area contributed by atoms with Crippen molar-refractivity contribution < 1.29 is 14.3 Å². The Labute approximate surface area is 182 Å². The number of rotatable bonds is 8. The Kier molecular flexibility index (Phi) is 6.22. The molecular weight excluding hydrogens is 388 g/mol. The second-order valence-corrected chi connectivity index (χ2v) is 7.47. The quantitative estimate of drug-likeness (QED) is 0.435. The molecular formula is C26H26N2O3. The average Bonchev–Trinajstić information content (AvgIpc) is 3.23. The van der Waals surface area contributed by atoms with Gasteiger partial charge in [-0.2, -0.15) is 0 Å². The van der Waals surface area contributed by atoms with E-state index in [1.165, 1.54) is 0 Å². The predicted molar refractivity (Wildman–Crippen MR) is 123 cm³/mol. The Balaban J connectivity index is 1.52. The van der Waals surface area contributed by atoms with E-state index in [9.17, 15) is 4.79 Å². The number of nitrogens with one attached hydrogen (secondary N) is 2. The normalized spacial score (nSPS) is 11.8. The largest absolute Gasteiger partial charge is 0.497 e. The first-order valence-corrected chi connectivity index (χ1v) is 10.3. The lowest BCUT2D eigenvalue weighted by atomic mass is 9.91. The number of carbonyl (C=O) groups excluding carboxylic acids is 1. The number of aryl methyl sites for hydroxylation is 1. The van der Waals surface area contributed by atoms with Crippen molar-refractivity contribution in [2.24, 2.45) is 0 Å². The van der Waals surface area contributed by atoms with Gasteiger partial charge in [-0.1, -0.05) is 48.5 Å². The summed E-state index contributed by atoms with van der Waals surface area (Å²) in [4.78, 5) is 15.9. The van der Waals surface area contributed by atoms with Gasteiger partial charge in [0.2, 0.25) is 0 Å². The highest BCUT2D eigenvalue weighted by molar-refractivity contribution is 5.84. The van der Waals surface area contributed by atoms with E-state index in [0.29, 0.717) is 6.54 Å². The van der Waals surface area contributed by atoms with Crippen LogP contribution in [0.1, 0.15) is 22.6 Å². The van der Waals surface area contributed by atoms with Crippen LogP contribution in [0.4, 0.5) is 0 Å². The molecule has 1 atom stereocenters. The monoisotopic (exact) mass is 414 g/mol. The van der Waals surface area contributed by atoms with Gasteiger partial charge in [0, 0.05) is 29.6 Å². The number of carbonyl (C=O) groups is 1. The summed E-state index contributed by atoms with van der Waals surface area (Å²) in [5.41, 5.74) is 4.32.